The number of hydrogen-bond donors (Lipinski definition) is 1. The molecule has 0 saturated carbocycles. The number of phosphoric acid groups is 1. The van der Waals surface area contributed by atoms with Crippen LogP contribution < -0.4 is 0 Å². The van der Waals surface area contributed by atoms with Crippen LogP contribution in [0.3, 0.4) is 0 Å². The number of quaternary nitrogens is 1. The second kappa shape index (κ2) is 17.3. The first-order valence-electron chi connectivity index (χ1n) is 13.0. The lowest BCUT2D eigenvalue weighted by atomic mass is 10.0. The first kappa shape index (κ1) is 28.8. The summed E-state index contributed by atoms with van der Waals surface area (Å²) in [5, 5.41) is 0. The second-order valence-electron chi connectivity index (χ2n) is 9.88. The molecule has 2 atom stereocenters. The predicted octanol–water partition coefficient (Wildman–Crippen LogP) is 7.74. The zero-order chi connectivity index (χ0) is 22.8. The van der Waals surface area contributed by atoms with Crippen molar-refractivity contribution in [3.8, 4) is 0 Å². The van der Waals surface area contributed by atoms with Crippen molar-refractivity contribution in [2.75, 3.05) is 27.2 Å². The van der Waals surface area contributed by atoms with E-state index in [1.165, 1.54) is 89.9 Å². The van der Waals surface area contributed by atoms with Gasteiger partial charge >= 0.3 is 7.82 Å². The van der Waals surface area contributed by atoms with Crippen LogP contribution in [0.4, 0.5) is 0 Å². The smallest absolute Gasteiger partial charge is 0.302 e. The third-order valence-corrected chi connectivity index (χ3v) is 7.26. The molecule has 0 spiro atoms. The lowest BCUT2D eigenvalue weighted by Crippen LogP contribution is -2.39. The molecule has 184 valence electrons. The van der Waals surface area contributed by atoms with Crippen molar-refractivity contribution >= 4 is 7.82 Å². The van der Waals surface area contributed by atoms with E-state index in [1.54, 1.807) is 0 Å². The lowest BCUT2D eigenvalue weighted by molar-refractivity contribution is -0.841. The molecule has 0 fully saturated rings. The van der Waals surface area contributed by atoms with Crippen LogP contribution in [0.2, 0.25) is 0 Å². The zero-order valence-electron chi connectivity index (χ0n) is 20.7. The summed E-state index contributed by atoms with van der Waals surface area (Å²) in [6, 6.07) is 0. The molecule has 1 aliphatic rings. The van der Waals surface area contributed by atoms with Gasteiger partial charge in [0.2, 0.25) is 0 Å². The van der Waals surface area contributed by atoms with E-state index in [0.29, 0.717) is 6.61 Å². The van der Waals surface area contributed by atoms with Gasteiger partial charge in [-0.05, 0) is 12.5 Å². The molecule has 1 rings (SSSR count). The first-order valence-corrected chi connectivity index (χ1v) is 14.5. The Balaban J connectivity index is 1.85. The summed E-state index contributed by atoms with van der Waals surface area (Å²) < 4.78 is 23.3. The Labute approximate surface area is 192 Å². The molecule has 0 saturated heterocycles. The molecule has 6 heteroatoms. The quantitative estimate of drug-likeness (QED) is 0.115. The van der Waals surface area contributed by atoms with Gasteiger partial charge in [-0.2, -0.15) is 0 Å². The van der Waals surface area contributed by atoms with Crippen LogP contribution in [0.1, 0.15) is 116 Å². The summed E-state index contributed by atoms with van der Waals surface area (Å²) in [7, 11) is 0.242. The predicted molar refractivity (Wildman–Crippen MR) is 131 cm³/mol. The molecule has 0 aromatic heterocycles. The van der Waals surface area contributed by atoms with Crippen LogP contribution in [-0.2, 0) is 13.6 Å². The molecule has 0 radical (unpaired) electrons. The van der Waals surface area contributed by atoms with Gasteiger partial charge in [0.1, 0.15) is 0 Å². The summed E-state index contributed by atoms with van der Waals surface area (Å²) in [5.74, 6) is 0. The van der Waals surface area contributed by atoms with E-state index in [4.69, 9.17) is 9.05 Å². The van der Waals surface area contributed by atoms with Crippen molar-refractivity contribution in [1.29, 1.82) is 0 Å². The van der Waals surface area contributed by atoms with E-state index in [-0.39, 0.29) is 6.10 Å². The highest BCUT2D eigenvalue weighted by Crippen LogP contribution is 2.45. The lowest BCUT2D eigenvalue weighted by Gasteiger charge is -2.31. The van der Waals surface area contributed by atoms with Gasteiger partial charge in [-0.25, -0.2) is 4.57 Å². The standard InChI is InChI=1S/C25H50NO4P/c1-4-5-6-7-8-9-10-11-12-13-14-15-16-17-18-19-24-29-31(27,28)30-25-20-22-26(2,3)23-21-25/h20,22,25H,4-19,21,23-24H2,1-3H3/p+1. The minimum atomic E-state index is -3.95. The highest BCUT2D eigenvalue weighted by atomic mass is 31.2. The maximum Gasteiger partial charge on any atom is 0.472 e. The number of hydrogen-bond acceptors (Lipinski definition) is 3. The topological polar surface area (TPSA) is 55.8 Å². The van der Waals surface area contributed by atoms with Gasteiger partial charge in [-0.3, -0.25) is 9.05 Å². The van der Waals surface area contributed by atoms with Crippen molar-refractivity contribution in [2.24, 2.45) is 0 Å². The average molecular weight is 461 g/mol. The fraction of sp³-hybridized carbons (Fsp3) is 0.920. The van der Waals surface area contributed by atoms with Crippen molar-refractivity contribution in [1.82, 2.24) is 0 Å². The molecular formula is C25H51NO4P+. The Kier molecular flexibility index (Phi) is 16.1. The fourth-order valence-electron chi connectivity index (χ4n) is 4.08. The van der Waals surface area contributed by atoms with Crippen LogP contribution >= 0.6 is 7.82 Å². The molecule has 0 aliphatic carbocycles. The van der Waals surface area contributed by atoms with E-state index >= 15 is 0 Å². The van der Waals surface area contributed by atoms with Gasteiger partial charge in [0.15, 0.2) is 0 Å². The Bertz CT molecular complexity index is 510. The molecule has 2 unspecified atom stereocenters. The minimum absolute atomic E-state index is 0.296. The molecule has 5 nitrogen and oxygen atoms in total. The highest BCUT2D eigenvalue weighted by molar-refractivity contribution is 7.47. The number of phosphoric ester groups is 1. The fourth-order valence-corrected chi connectivity index (χ4v) is 5.02. The normalized spacial score (nSPS) is 20.1. The van der Waals surface area contributed by atoms with Crippen LogP contribution in [0.5, 0.6) is 0 Å². The van der Waals surface area contributed by atoms with Gasteiger partial charge < -0.3 is 9.38 Å². The van der Waals surface area contributed by atoms with Crippen molar-refractivity contribution in [3.05, 3.63) is 12.3 Å². The highest BCUT2D eigenvalue weighted by Gasteiger charge is 2.29. The summed E-state index contributed by atoms with van der Waals surface area (Å²) in [5.41, 5.74) is 0. The van der Waals surface area contributed by atoms with Crippen molar-refractivity contribution in [2.45, 2.75) is 122 Å². The molecule has 0 aromatic carbocycles. The minimum Gasteiger partial charge on any atom is -0.302 e. The van der Waals surface area contributed by atoms with Crippen LogP contribution in [0.15, 0.2) is 12.3 Å². The van der Waals surface area contributed by atoms with E-state index in [2.05, 4.69) is 21.0 Å². The molecule has 1 N–H and O–H groups in total. The second-order valence-corrected chi connectivity index (χ2v) is 11.3. The van der Waals surface area contributed by atoms with Gasteiger partial charge in [-0.15, -0.1) is 0 Å². The summed E-state index contributed by atoms with van der Waals surface area (Å²) in [4.78, 5) is 9.89. The summed E-state index contributed by atoms with van der Waals surface area (Å²) in [6.07, 6.45) is 25.2. The Morgan fingerprint density at radius 2 is 1.29 bits per heavy atom. The number of rotatable bonds is 20. The van der Waals surface area contributed by atoms with Crippen LogP contribution in [-0.4, -0.2) is 42.7 Å². The van der Waals surface area contributed by atoms with E-state index in [9.17, 15) is 9.46 Å². The number of unbranched alkanes of at least 4 members (excludes halogenated alkanes) is 15. The third kappa shape index (κ3) is 17.0. The van der Waals surface area contributed by atoms with Crippen LogP contribution in [0.25, 0.3) is 0 Å². The third-order valence-electron chi connectivity index (χ3n) is 6.22. The molecule has 1 aliphatic heterocycles. The van der Waals surface area contributed by atoms with Gasteiger partial charge in [0.25, 0.3) is 0 Å². The maximum absolute atomic E-state index is 12.1. The largest absolute Gasteiger partial charge is 0.472 e. The van der Waals surface area contributed by atoms with Crippen molar-refractivity contribution in [3.63, 3.8) is 0 Å². The zero-order valence-corrected chi connectivity index (χ0v) is 21.6. The molecular weight excluding hydrogens is 409 g/mol. The monoisotopic (exact) mass is 460 g/mol. The van der Waals surface area contributed by atoms with Gasteiger partial charge in [0.05, 0.1) is 39.6 Å². The Morgan fingerprint density at radius 1 is 0.839 bits per heavy atom. The molecule has 31 heavy (non-hydrogen) atoms. The first-order chi connectivity index (χ1) is 14.8. The summed E-state index contributed by atoms with van der Waals surface area (Å²) in [6.45, 7) is 3.46. The van der Waals surface area contributed by atoms with E-state index < -0.39 is 7.82 Å². The molecule has 0 amide bonds. The molecule has 1 heterocycles. The Morgan fingerprint density at radius 3 is 1.71 bits per heavy atom. The molecule has 0 aromatic rings. The van der Waals surface area contributed by atoms with Gasteiger partial charge in [-0.1, -0.05) is 103 Å². The van der Waals surface area contributed by atoms with E-state index in [1.807, 2.05) is 12.3 Å². The summed E-state index contributed by atoms with van der Waals surface area (Å²) >= 11 is 0. The van der Waals surface area contributed by atoms with Crippen molar-refractivity contribution < 1.29 is 23.0 Å². The SMILES string of the molecule is CCCCCCCCCCCCCCCCCCOP(=O)(O)OC1C=C[N+](C)(C)CC1. The van der Waals surface area contributed by atoms with Gasteiger partial charge in [0, 0.05) is 6.42 Å². The van der Waals surface area contributed by atoms with E-state index in [0.717, 1.165) is 30.3 Å². The molecule has 0 bridgehead atoms. The number of nitrogens with zero attached hydrogens (tertiary/aromatic N) is 1. The van der Waals surface area contributed by atoms with Crippen LogP contribution in [0, 0.1) is 0 Å². The Hall–Kier alpha value is -0.190. The average Bonchev–Trinajstić information content (AvgIpc) is 2.72. The maximum atomic E-state index is 12.1.